The summed E-state index contributed by atoms with van der Waals surface area (Å²) < 4.78 is 5.65. The summed E-state index contributed by atoms with van der Waals surface area (Å²) in [5.74, 6) is -0.709. The number of benzene rings is 3. The molecule has 0 aliphatic carbocycles. The number of carbonyl (C=O) groups excluding carboxylic acids is 2. The molecule has 0 bridgehead atoms. The van der Waals surface area contributed by atoms with Crippen molar-refractivity contribution in [2.24, 2.45) is 5.10 Å². The number of carbonyl (C=O) groups is 2. The summed E-state index contributed by atoms with van der Waals surface area (Å²) in [5, 5.41) is 17.2. The van der Waals surface area contributed by atoms with E-state index in [1.165, 1.54) is 18.3 Å². The summed E-state index contributed by atoms with van der Waals surface area (Å²) in [6, 6.07) is 19.6. The van der Waals surface area contributed by atoms with Gasteiger partial charge in [-0.15, -0.1) is 0 Å². The van der Waals surface area contributed by atoms with Gasteiger partial charge >= 0.3 is 0 Å². The number of rotatable bonds is 9. The Bertz CT molecular complexity index is 1170. The Kier molecular flexibility index (Phi) is 8.90. The van der Waals surface area contributed by atoms with Crippen molar-refractivity contribution in [2.75, 3.05) is 0 Å². The van der Waals surface area contributed by atoms with Crippen molar-refractivity contribution in [2.45, 2.75) is 25.5 Å². The number of nitrogens with one attached hydrogen (secondary N) is 2. The van der Waals surface area contributed by atoms with Crippen LogP contribution in [-0.4, -0.2) is 35.3 Å². The molecule has 0 aliphatic rings. The topological polar surface area (TPSA) is 100 Å². The zero-order valence-corrected chi connectivity index (χ0v) is 19.8. The molecular formula is C25H23Cl2N3O4. The highest BCUT2D eigenvalue weighted by Gasteiger charge is 2.25. The average Bonchev–Trinajstić information content (AvgIpc) is 2.82. The smallest absolute Gasteiger partial charge is 0.262 e. The van der Waals surface area contributed by atoms with Crippen LogP contribution in [0.3, 0.4) is 0 Å². The molecule has 0 unspecified atom stereocenters. The van der Waals surface area contributed by atoms with E-state index in [0.29, 0.717) is 16.3 Å². The highest BCUT2D eigenvalue weighted by atomic mass is 35.5. The Morgan fingerprint density at radius 3 is 2.44 bits per heavy atom. The Hall–Kier alpha value is -3.55. The molecule has 2 atom stereocenters. The van der Waals surface area contributed by atoms with Crippen LogP contribution in [-0.2, 0) is 16.0 Å². The fourth-order valence-electron chi connectivity index (χ4n) is 3.00. The lowest BCUT2D eigenvalue weighted by molar-refractivity contribution is -0.132. The first-order valence-corrected chi connectivity index (χ1v) is 11.2. The highest BCUT2D eigenvalue weighted by Crippen LogP contribution is 2.28. The van der Waals surface area contributed by atoms with E-state index in [-0.39, 0.29) is 17.2 Å². The third-order valence-corrected chi connectivity index (χ3v) is 5.33. The fraction of sp³-hybridized carbons (Fsp3) is 0.160. The molecule has 3 aromatic carbocycles. The van der Waals surface area contributed by atoms with Gasteiger partial charge in [-0.3, -0.25) is 9.59 Å². The first kappa shape index (κ1) is 25.1. The van der Waals surface area contributed by atoms with Gasteiger partial charge in [0, 0.05) is 17.0 Å². The molecule has 3 aromatic rings. The third-order valence-electron chi connectivity index (χ3n) is 4.80. The minimum atomic E-state index is -0.936. The highest BCUT2D eigenvalue weighted by molar-refractivity contribution is 6.35. The number of nitrogens with zero attached hydrogens (tertiary/aromatic N) is 1. The van der Waals surface area contributed by atoms with Gasteiger partial charge in [0.25, 0.3) is 11.8 Å². The van der Waals surface area contributed by atoms with Crippen LogP contribution >= 0.6 is 23.2 Å². The molecule has 0 saturated heterocycles. The molecule has 0 saturated carbocycles. The summed E-state index contributed by atoms with van der Waals surface area (Å²) in [4.78, 5) is 25.7. The molecule has 34 heavy (non-hydrogen) atoms. The van der Waals surface area contributed by atoms with Gasteiger partial charge in [0.15, 0.2) is 6.10 Å². The second kappa shape index (κ2) is 12.1. The van der Waals surface area contributed by atoms with Gasteiger partial charge in [-0.1, -0.05) is 65.7 Å². The van der Waals surface area contributed by atoms with Crippen molar-refractivity contribution in [3.05, 3.63) is 94.0 Å². The minimum Gasteiger partial charge on any atom is -0.507 e. The monoisotopic (exact) mass is 499 g/mol. The first-order chi connectivity index (χ1) is 16.3. The van der Waals surface area contributed by atoms with Gasteiger partial charge in [-0.05, 0) is 42.8 Å². The van der Waals surface area contributed by atoms with E-state index in [4.69, 9.17) is 27.9 Å². The molecule has 0 aliphatic heterocycles. The first-order valence-electron chi connectivity index (χ1n) is 10.4. The summed E-state index contributed by atoms with van der Waals surface area (Å²) in [5.41, 5.74) is 3.70. The zero-order chi connectivity index (χ0) is 24.5. The second-order valence-corrected chi connectivity index (χ2v) is 8.22. The quantitative estimate of drug-likeness (QED) is 0.301. The number of hydrogen-bond donors (Lipinski definition) is 3. The number of hydrogen-bond acceptors (Lipinski definition) is 5. The van der Waals surface area contributed by atoms with Gasteiger partial charge in [-0.25, -0.2) is 5.43 Å². The zero-order valence-electron chi connectivity index (χ0n) is 18.2. The number of halogens is 2. The van der Waals surface area contributed by atoms with Gasteiger partial charge in [-0.2, -0.15) is 5.10 Å². The van der Waals surface area contributed by atoms with Gasteiger partial charge in [0.2, 0.25) is 0 Å². The van der Waals surface area contributed by atoms with Crippen molar-refractivity contribution in [1.29, 1.82) is 0 Å². The van der Waals surface area contributed by atoms with E-state index in [0.717, 1.165) is 5.56 Å². The summed E-state index contributed by atoms with van der Waals surface area (Å²) in [7, 11) is 0. The van der Waals surface area contributed by atoms with E-state index >= 15 is 0 Å². The molecule has 0 radical (unpaired) electrons. The number of phenols is 1. The van der Waals surface area contributed by atoms with Crippen molar-refractivity contribution in [3.63, 3.8) is 0 Å². The molecular weight excluding hydrogens is 477 g/mol. The van der Waals surface area contributed by atoms with Crippen LogP contribution in [0.4, 0.5) is 0 Å². The molecule has 3 N–H and O–H groups in total. The van der Waals surface area contributed by atoms with Crippen LogP contribution in [0.15, 0.2) is 77.9 Å². The van der Waals surface area contributed by atoms with E-state index in [1.807, 2.05) is 30.3 Å². The molecule has 176 valence electrons. The number of amides is 2. The van der Waals surface area contributed by atoms with Crippen LogP contribution < -0.4 is 15.5 Å². The maximum Gasteiger partial charge on any atom is 0.262 e. The Labute approximate surface area is 207 Å². The van der Waals surface area contributed by atoms with Gasteiger partial charge < -0.3 is 15.2 Å². The number of aromatic hydroxyl groups is 1. The van der Waals surface area contributed by atoms with Crippen LogP contribution in [0.5, 0.6) is 11.5 Å². The number of hydrazone groups is 1. The molecule has 7 nitrogen and oxygen atoms in total. The van der Waals surface area contributed by atoms with Crippen LogP contribution in [0.2, 0.25) is 10.0 Å². The third kappa shape index (κ3) is 7.23. The molecule has 9 heteroatoms. The van der Waals surface area contributed by atoms with Crippen LogP contribution in [0.1, 0.15) is 18.1 Å². The minimum absolute atomic E-state index is 0.0291. The number of phenolic OH excluding ortho intramolecular Hbond substituents is 1. The fourth-order valence-corrected chi connectivity index (χ4v) is 3.46. The number of ether oxygens (including phenoxy) is 1. The van der Waals surface area contributed by atoms with Gasteiger partial charge in [0.1, 0.15) is 17.5 Å². The van der Waals surface area contributed by atoms with Crippen molar-refractivity contribution in [1.82, 2.24) is 10.7 Å². The van der Waals surface area contributed by atoms with Gasteiger partial charge in [0.05, 0.1) is 11.2 Å². The molecule has 0 fully saturated rings. The molecule has 3 rings (SSSR count). The lowest BCUT2D eigenvalue weighted by atomic mass is 10.1. The van der Waals surface area contributed by atoms with Crippen LogP contribution in [0.25, 0.3) is 0 Å². The number of para-hydroxylation sites is 1. The van der Waals surface area contributed by atoms with Crippen molar-refractivity contribution < 1.29 is 19.4 Å². The summed E-state index contributed by atoms with van der Waals surface area (Å²) >= 11 is 12.0. The van der Waals surface area contributed by atoms with E-state index in [2.05, 4.69) is 15.8 Å². The average molecular weight is 500 g/mol. The van der Waals surface area contributed by atoms with E-state index < -0.39 is 24.0 Å². The molecule has 0 aromatic heterocycles. The predicted molar refractivity (Wildman–Crippen MR) is 132 cm³/mol. The molecule has 2 amide bonds. The SMILES string of the molecule is C[C@H](Oc1ccc(Cl)cc1Cl)C(=O)N[C@@H](Cc1ccccc1)C(=O)N/N=C\c1ccccc1O. The van der Waals surface area contributed by atoms with E-state index in [1.54, 1.807) is 37.3 Å². The maximum absolute atomic E-state index is 12.9. The lowest BCUT2D eigenvalue weighted by Crippen LogP contribution is -2.50. The summed E-state index contributed by atoms with van der Waals surface area (Å²) in [6.07, 6.45) is 0.622. The summed E-state index contributed by atoms with van der Waals surface area (Å²) in [6.45, 7) is 1.55. The maximum atomic E-state index is 12.9. The van der Waals surface area contributed by atoms with E-state index in [9.17, 15) is 14.7 Å². The van der Waals surface area contributed by atoms with Crippen LogP contribution in [0, 0.1) is 0 Å². The normalized spacial score (nSPS) is 12.7. The second-order valence-electron chi connectivity index (χ2n) is 7.38. The van der Waals surface area contributed by atoms with Crippen molar-refractivity contribution in [3.8, 4) is 11.5 Å². The Morgan fingerprint density at radius 2 is 1.74 bits per heavy atom. The largest absolute Gasteiger partial charge is 0.507 e. The Morgan fingerprint density at radius 1 is 1.03 bits per heavy atom. The lowest BCUT2D eigenvalue weighted by Gasteiger charge is -2.21. The molecule has 0 heterocycles. The molecule has 0 spiro atoms. The van der Waals surface area contributed by atoms with Crippen molar-refractivity contribution >= 4 is 41.2 Å². The Balaban J connectivity index is 1.69. The predicted octanol–water partition coefficient (Wildman–Crippen LogP) is 4.34. The standard InChI is InChI=1S/C25H23Cl2N3O4/c1-16(34-23-12-11-19(26)14-20(23)27)24(32)29-21(13-17-7-3-2-4-8-17)25(33)30-28-15-18-9-5-6-10-22(18)31/h2-12,14-16,21,31H,13H2,1H3,(H,29,32)(H,30,33)/b28-15-/t16-,21-/m0/s1.